The van der Waals surface area contributed by atoms with Gasteiger partial charge in [0.05, 0.1) is 5.37 Å². The van der Waals surface area contributed by atoms with Crippen LogP contribution < -0.4 is 0 Å². The zero-order chi connectivity index (χ0) is 9.68. The molecule has 0 saturated heterocycles. The van der Waals surface area contributed by atoms with Crippen molar-refractivity contribution in [3.8, 4) is 0 Å². The van der Waals surface area contributed by atoms with Crippen molar-refractivity contribution in [1.82, 2.24) is 0 Å². The summed E-state index contributed by atoms with van der Waals surface area (Å²) in [4.78, 5) is 4.69. The first-order valence-corrected chi connectivity index (χ1v) is 6.42. The number of hydrogen-bond acceptors (Lipinski definition) is 2. The van der Waals surface area contributed by atoms with Crippen molar-refractivity contribution in [2.75, 3.05) is 0 Å². The van der Waals surface area contributed by atoms with Crippen molar-refractivity contribution in [3.63, 3.8) is 0 Å². The number of nitrogens with zero attached hydrogens (tertiary/aromatic N) is 1. The van der Waals surface area contributed by atoms with Gasteiger partial charge in [-0.3, -0.25) is 4.99 Å². The Balaban J connectivity index is 2.24. The Bertz CT molecular complexity index is 177. The molecule has 2 atom stereocenters. The first-order chi connectivity index (χ1) is 6.27. The zero-order valence-electron chi connectivity index (χ0n) is 9.05. The SMILES string of the molecule is CCCCC[C@@H]1N=C(C)[C@@H](CC)S1. The van der Waals surface area contributed by atoms with Crippen LogP contribution in [0.5, 0.6) is 0 Å². The zero-order valence-corrected chi connectivity index (χ0v) is 9.86. The second-order valence-electron chi connectivity index (χ2n) is 3.75. The lowest BCUT2D eigenvalue weighted by Gasteiger charge is -2.08. The van der Waals surface area contributed by atoms with E-state index in [1.807, 2.05) is 0 Å². The second kappa shape index (κ2) is 5.69. The largest absolute Gasteiger partial charge is 0.279 e. The van der Waals surface area contributed by atoms with Crippen LogP contribution >= 0.6 is 11.8 Å². The molecule has 0 amide bonds. The number of thioether (sulfide) groups is 1. The van der Waals surface area contributed by atoms with E-state index < -0.39 is 0 Å². The molecule has 0 aromatic heterocycles. The summed E-state index contributed by atoms with van der Waals surface area (Å²) in [5.74, 6) is 0. The van der Waals surface area contributed by atoms with Crippen LogP contribution in [0.15, 0.2) is 4.99 Å². The number of rotatable bonds is 5. The van der Waals surface area contributed by atoms with E-state index in [-0.39, 0.29) is 0 Å². The van der Waals surface area contributed by atoms with E-state index in [0.29, 0.717) is 10.6 Å². The topological polar surface area (TPSA) is 12.4 Å². The maximum Gasteiger partial charge on any atom is 0.0957 e. The average molecular weight is 199 g/mol. The minimum atomic E-state index is 0.580. The lowest BCUT2D eigenvalue weighted by Crippen LogP contribution is -2.06. The molecule has 0 saturated carbocycles. The van der Waals surface area contributed by atoms with Crippen LogP contribution in [0.25, 0.3) is 0 Å². The highest BCUT2D eigenvalue weighted by atomic mass is 32.2. The van der Waals surface area contributed by atoms with Gasteiger partial charge in [-0.15, -0.1) is 11.8 Å². The molecule has 1 heterocycles. The van der Waals surface area contributed by atoms with Crippen LogP contribution in [0.4, 0.5) is 0 Å². The Morgan fingerprint density at radius 3 is 2.62 bits per heavy atom. The molecule has 1 nitrogen and oxygen atoms in total. The molecular weight excluding hydrogens is 178 g/mol. The van der Waals surface area contributed by atoms with Gasteiger partial charge in [0.25, 0.3) is 0 Å². The first kappa shape index (κ1) is 11.1. The van der Waals surface area contributed by atoms with Crippen molar-refractivity contribution in [2.24, 2.45) is 4.99 Å². The van der Waals surface area contributed by atoms with Crippen LogP contribution in [0, 0.1) is 0 Å². The van der Waals surface area contributed by atoms with Crippen molar-refractivity contribution < 1.29 is 0 Å². The van der Waals surface area contributed by atoms with Crippen LogP contribution in [-0.4, -0.2) is 16.3 Å². The van der Waals surface area contributed by atoms with Crippen LogP contribution in [0.2, 0.25) is 0 Å². The minimum absolute atomic E-state index is 0.580. The maximum absolute atomic E-state index is 4.69. The third-order valence-electron chi connectivity index (χ3n) is 2.56. The first-order valence-electron chi connectivity index (χ1n) is 5.47. The fourth-order valence-corrected chi connectivity index (χ4v) is 3.08. The highest BCUT2D eigenvalue weighted by Crippen LogP contribution is 2.32. The normalized spacial score (nSPS) is 27.8. The molecule has 13 heavy (non-hydrogen) atoms. The predicted molar refractivity (Wildman–Crippen MR) is 62.7 cm³/mol. The summed E-state index contributed by atoms with van der Waals surface area (Å²) in [7, 11) is 0. The fraction of sp³-hybridized carbons (Fsp3) is 0.909. The predicted octanol–water partition coefficient (Wildman–Crippen LogP) is 3.88. The number of hydrogen-bond donors (Lipinski definition) is 0. The molecule has 1 rings (SSSR count). The summed E-state index contributed by atoms with van der Waals surface area (Å²) < 4.78 is 0. The van der Waals surface area contributed by atoms with E-state index >= 15 is 0 Å². The summed E-state index contributed by atoms with van der Waals surface area (Å²) in [6, 6.07) is 0. The third-order valence-corrected chi connectivity index (χ3v) is 4.22. The Morgan fingerprint density at radius 2 is 2.08 bits per heavy atom. The summed E-state index contributed by atoms with van der Waals surface area (Å²) >= 11 is 2.07. The second-order valence-corrected chi connectivity index (χ2v) is 5.14. The monoisotopic (exact) mass is 199 g/mol. The molecule has 76 valence electrons. The van der Waals surface area contributed by atoms with Gasteiger partial charge in [-0.2, -0.15) is 0 Å². The Kier molecular flexibility index (Phi) is 4.86. The molecule has 0 unspecified atom stereocenters. The number of unbranched alkanes of at least 4 members (excludes halogenated alkanes) is 2. The highest BCUT2D eigenvalue weighted by Gasteiger charge is 2.23. The van der Waals surface area contributed by atoms with E-state index in [2.05, 4.69) is 32.5 Å². The molecule has 0 aliphatic carbocycles. The molecule has 0 spiro atoms. The quantitative estimate of drug-likeness (QED) is 0.612. The minimum Gasteiger partial charge on any atom is -0.279 e. The van der Waals surface area contributed by atoms with Crippen molar-refractivity contribution in [3.05, 3.63) is 0 Å². The molecule has 0 aromatic carbocycles. The summed E-state index contributed by atoms with van der Waals surface area (Å²) in [5.41, 5.74) is 1.37. The van der Waals surface area contributed by atoms with Gasteiger partial charge >= 0.3 is 0 Å². The molecule has 1 aliphatic rings. The van der Waals surface area contributed by atoms with Crippen molar-refractivity contribution >= 4 is 17.5 Å². The average Bonchev–Trinajstić information content (AvgIpc) is 2.47. The van der Waals surface area contributed by atoms with Gasteiger partial charge in [0, 0.05) is 11.0 Å². The van der Waals surface area contributed by atoms with Crippen LogP contribution in [0.3, 0.4) is 0 Å². The third kappa shape index (κ3) is 3.34. The van der Waals surface area contributed by atoms with E-state index in [4.69, 9.17) is 4.99 Å². The summed E-state index contributed by atoms with van der Waals surface area (Å²) in [6.45, 7) is 6.69. The van der Waals surface area contributed by atoms with E-state index in [0.717, 1.165) is 0 Å². The molecule has 1 aliphatic heterocycles. The molecule has 0 N–H and O–H groups in total. The standard InChI is InChI=1S/C11H21NS/c1-4-6-7-8-11-12-9(3)10(5-2)13-11/h10-11H,4-8H2,1-3H3/t10-,11-/m1/s1. The molecule has 0 radical (unpaired) electrons. The number of aliphatic imine (C=N–C) groups is 1. The lowest BCUT2D eigenvalue weighted by atomic mass is 10.2. The highest BCUT2D eigenvalue weighted by molar-refractivity contribution is 8.01. The molecule has 0 bridgehead atoms. The summed E-state index contributed by atoms with van der Waals surface area (Å²) in [6.07, 6.45) is 6.55. The van der Waals surface area contributed by atoms with E-state index in [1.54, 1.807) is 0 Å². The summed E-state index contributed by atoms with van der Waals surface area (Å²) in [5, 5.41) is 1.29. The molecular formula is C11H21NS. The van der Waals surface area contributed by atoms with Gasteiger partial charge in [0.15, 0.2) is 0 Å². The van der Waals surface area contributed by atoms with Crippen LogP contribution in [-0.2, 0) is 0 Å². The molecule has 0 aromatic rings. The Hall–Kier alpha value is 0.0200. The van der Waals surface area contributed by atoms with E-state index in [9.17, 15) is 0 Å². The Morgan fingerprint density at radius 1 is 1.31 bits per heavy atom. The van der Waals surface area contributed by atoms with Gasteiger partial charge in [-0.05, 0) is 19.8 Å². The lowest BCUT2D eigenvalue weighted by molar-refractivity contribution is 0.658. The molecule has 2 heteroatoms. The van der Waals surface area contributed by atoms with E-state index in [1.165, 1.54) is 37.8 Å². The smallest absolute Gasteiger partial charge is 0.0957 e. The fourth-order valence-electron chi connectivity index (χ4n) is 1.72. The van der Waals surface area contributed by atoms with Gasteiger partial charge < -0.3 is 0 Å². The van der Waals surface area contributed by atoms with Gasteiger partial charge in [0.2, 0.25) is 0 Å². The van der Waals surface area contributed by atoms with Gasteiger partial charge in [-0.25, -0.2) is 0 Å². The Labute approximate surface area is 86.4 Å². The van der Waals surface area contributed by atoms with Gasteiger partial charge in [0.1, 0.15) is 0 Å². The van der Waals surface area contributed by atoms with Gasteiger partial charge in [-0.1, -0.05) is 33.1 Å². The van der Waals surface area contributed by atoms with Crippen molar-refractivity contribution in [2.45, 2.75) is 63.5 Å². The van der Waals surface area contributed by atoms with Crippen molar-refractivity contribution in [1.29, 1.82) is 0 Å². The molecule has 0 fully saturated rings. The maximum atomic E-state index is 4.69. The van der Waals surface area contributed by atoms with Crippen LogP contribution in [0.1, 0.15) is 52.9 Å².